The van der Waals surface area contributed by atoms with Gasteiger partial charge in [0.2, 0.25) is 11.8 Å². The van der Waals surface area contributed by atoms with E-state index in [1.54, 1.807) is 12.3 Å². The lowest BCUT2D eigenvalue weighted by molar-refractivity contribution is -0.126. The van der Waals surface area contributed by atoms with Crippen molar-refractivity contribution in [3.05, 3.63) is 54.2 Å². The number of carbonyl (C=O) groups excluding carboxylic acids is 2. The van der Waals surface area contributed by atoms with Crippen LogP contribution in [-0.2, 0) is 29.1 Å². The van der Waals surface area contributed by atoms with Crippen LogP contribution in [0.1, 0.15) is 50.1 Å². The Labute approximate surface area is 182 Å². The van der Waals surface area contributed by atoms with Gasteiger partial charge in [0.05, 0.1) is 23.8 Å². The van der Waals surface area contributed by atoms with E-state index in [0.29, 0.717) is 19.5 Å². The first kappa shape index (κ1) is 21.2. The highest BCUT2D eigenvalue weighted by Gasteiger charge is 2.20. The predicted molar refractivity (Wildman–Crippen MR) is 118 cm³/mol. The lowest BCUT2D eigenvalue weighted by Crippen LogP contribution is -2.32. The molecule has 7 heteroatoms. The molecule has 0 bridgehead atoms. The Balaban J connectivity index is 1.34. The van der Waals surface area contributed by atoms with Crippen LogP contribution in [0.25, 0.3) is 11.0 Å². The minimum absolute atomic E-state index is 0.0913. The molecule has 2 N–H and O–H groups in total. The molecule has 1 saturated carbocycles. The Morgan fingerprint density at radius 3 is 2.71 bits per heavy atom. The second kappa shape index (κ2) is 10.3. The minimum atomic E-state index is -0.0913. The Morgan fingerprint density at radius 1 is 1.06 bits per heavy atom. The SMILES string of the molecule is O=C(Cn1c(CCCNC(=O)C2CCCCC2)nc2ccccc21)NCc1ccco1. The van der Waals surface area contributed by atoms with E-state index in [1.165, 1.54) is 6.42 Å². The third-order valence-corrected chi connectivity index (χ3v) is 5.93. The van der Waals surface area contributed by atoms with Crippen molar-refractivity contribution in [1.82, 2.24) is 20.2 Å². The Hall–Kier alpha value is -3.09. The minimum Gasteiger partial charge on any atom is -0.467 e. The van der Waals surface area contributed by atoms with Crippen LogP contribution in [0.5, 0.6) is 0 Å². The topological polar surface area (TPSA) is 89.2 Å². The van der Waals surface area contributed by atoms with E-state index in [4.69, 9.17) is 9.40 Å². The number of nitrogens with zero attached hydrogens (tertiary/aromatic N) is 2. The van der Waals surface area contributed by atoms with Crippen molar-refractivity contribution in [3.63, 3.8) is 0 Å². The van der Waals surface area contributed by atoms with Gasteiger partial charge in [-0.15, -0.1) is 0 Å². The summed E-state index contributed by atoms with van der Waals surface area (Å²) in [6.45, 7) is 1.19. The van der Waals surface area contributed by atoms with Gasteiger partial charge < -0.3 is 19.6 Å². The number of aryl methyl sites for hydroxylation is 1. The molecule has 0 aliphatic heterocycles. The van der Waals surface area contributed by atoms with Gasteiger partial charge in [0.1, 0.15) is 18.1 Å². The lowest BCUT2D eigenvalue weighted by Gasteiger charge is -2.20. The number of rotatable bonds is 9. The van der Waals surface area contributed by atoms with Gasteiger partial charge in [-0.25, -0.2) is 4.98 Å². The lowest BCUT2D eigenvalue weighted by atomic mass is 9.89. The van der Waals surface area contributed by atoms with Gasteiger partial charge in [-0.05, 0) is 43.5 Å². The summed E-state index contributed by atoms with van der Waals surface area (Å²) >= 11 is 0. The largest absolute Gasteiger partial charge is 0.467 e. The third kappa shape index (κ3) is 5.54. The molecule has 0 radical (unpaired) electrons. The number of aromatic nitrogens is 2. The van der Waals surface area contributed by atoms with E-state index in [0.717, 1.165) is 54.7 Å². The number of benzene rings is 1. The average molecular weight is 423 g/mol. The molecule has 2 heterocycles. The van der Waals surface area contributed by atoms with E-state index in [1.807, 2.05) is 34.9 Å². The summed E-state index contributed by atoms with van der Waals surface area (Å²) in [6, 6.07) is 11.5. The van der Waals surface area contributed by atoms with Crippen molar-refractivity contribution in [2.24, 2.45) is 5.92 Å². The summed E-state index contributed by atoms with van der Waals surface area (Å²) in [6.07, 6.45) is 8.66. The molecule has 0 unspecified atom stereocenters. The molecule has 4 rings (SSSR count). The number of nitrogens with one attached hydrogen (secondary N) is 2. The fraction of sp³-hybridized carbons (Fsp3) is 0.458. The summed E-state index contributed by atoms with van der Waals surface area (Å²) < 4.78 is 7.24. The van der Waals surface area contributed by atoms with Crippen molar-refractivity contribution >= 4 is 22.8 Å². The van der Waals surface area contributed by atoms with E-state index >= 15 is 0 Å². The van der Waals surface area contributed by atoms with E-state index in [2.05, 4.69) is 10.6 Å². The van der Waals surface area contributed by atoms with E-state index < -0.39 is 0 Å². The molecule has 3 aromatic rings. The molecule has 1 aliphatic carbocycles. The molecule has 1 aliphatic rings. The molecule has 0 saturated heterocycles. The van der Waals surface area contributed by atoms with Crippen LogP contribution in [-0.4, -0.2) is 27.9 Å². The van der Waals surface area contributed by atoms with Crippen LogP contribution in [0.2, 0.25) is 0 Å². The molecular formula is C24H30N4O3. The standard InChI is InChI=1S/C24H30N4O3/c29-23(26-16-19-10-7-15-31-19)17-28-21-12-5-4-11-20(21)27-22(28)13-6-14-25-24(30)18-8-2-1-3-9-18/h4-5,7,10-12,15,18H,1-3,6,8-9,13-14,16-17H2,(H,25,30)(H,26,29). The normalized spacial score (nSPS) is 14.6. The number of furan rings is 1. The Morgan fingerprint density at radius 2 is 1.90 bits per heavy atom. The van der Waals surface area contributed by atoms with Gasteiger partial charge in [-0.2, -0.15) is 0 Å². The van der Waals surface area contributed by atoms with Crippen LogP contribution in [0.4, 0.5) is 0 Å². The second-order valence-electron chi connectivity index (χ2n) is 8.19. The van der Waals surface area contributed by atoms with Crippen molar-refractivity contribution in [1.29, 1.82) is 0 Å². The first-order valence-electron chi connectivity index (χ1n) is 11.2. The van der Waals surface area contributed by atoms with Gasteiger partial charge in [0.25, 0.3) is 0 Å². The zero-order valence-corrected chi connectivity index (χ0v) is 17.8. The molecule has 2 aromatic heterocycles. The summed E-state index contributed by atoms with van der Waals surface area (Å²) in [7, 11) is 0. The number of fused-ring (bicyclic) bond motifs is 1. The third-order valence-electron chi connectivity index (χ3n) is 5.93. The maximum absolute atomic E-state index is 12.5. The van der Waals surface area contributed by atoms with Crippen molar-refractivity contribution in [2.75, 3.05) is 6.54 Å². The molecule has 1 aromatic carbocycles. The molecule has 1 fully saturated rings. The molecular weight excluding hydrogens is 392 g/mol. The van der Waals surface area contributed by atoms with Crippen molar-refractivity contribution in [3.8, 4) is 0 Å². The predicted octanol–water partition coefficient (Wildman–Crippen LogP) is 3.57. The van der Waals surface area contributed by atoms with Gasteiger partial charge >= 0.3 is 0 Å². The highest BCUT2D eigenvalue weighted by molar-refractivity contribution is 5.81. The highest BCUT2D eigenvalue weighted by Crippen LogP contribution is 2.23. The quantitative estimate of drug-likeness (QED) is 0.516. The van der Waals surface area contributed by atoms with Gasteiger partial charge in [-0.1, -0.05) is 31.4 Å². The number of amides is 2. The van der Waals surface area contributed by atoms with Gasteiger partial charge in [0, 0.05) is 18.9 Å². The first-order valence-corrected chi connectivity index (χ1v) is 11.2. The number of carbonyl (C=O) groups is 2. The van der Waals surface area contributed by atoms with Crippen molar-refractivity contribution < 1.29 is 14.0 Å². The van der Waals surface area contributed by atoms with Crippen LogP contribution >= 0.6 is 0 Å². The fourth-order valence-corrected chi connectivity index (χ4v) is 4.26. The van der Waals surface area contributed by atoms with E-state index in [9.17, 15) is 9.59 Å². The number of imidazole rings is 1. The molecule has 2 amide bonds. The number of hydrogen-bond acceptors (Lipinski definition) is 4. The number of hydrogen-bond donors (Lipinski definition) is 2. The Kier molecular flexibility index (Phi) is 7.02. The van der Waals surface area contributed by atoms with Crippen LogP contribution in [0, 0.1) is 5.92 Å². The summed E-state index contributed by atoms with van der Waals surface area (Å²) in [5.41, 5.74) is 1.82. The average Bonchev–Trinajstić information content (AvgIpc) is 3.44. The molecule has 31 heavy (non-hydrogen) atoms. The van der Waals surface area contributed by atoms with Gasteiger partial charge in [-0.3, -0.25) is 9.59 Å². The molecule has 0 atom stereocenters. The smallest absolute Gasteiger partial charge is 0.240 e. The number of para-hydroxylation sites is 2. The Bertz CT molecular complexity index is 1000. The zero-order valence-electron chi connectivity index (χ0n) is 17.8. The maximum Gasteiger partial charge on any atom is 0.240 e. The van der Waals surface area contributed by atoms with E-state index in [-0.39, 0.29) is 24.3 Å². The highest BCUT2D eigenvalue weighted by atomic mass is 16.3. The molecule has 7 nitrogen and oxygen atoms in total. The first-order chi connectivity index (χ1) is 15.2. The van der Waals surface area contributed by atoms with Crippen molar-refractivity contribution in [2.45, 2.75) is 58.0 Å². The monoisotopic (exact) mass is 422 g/mol. The summed E-state index contributed by atoms with van der Waals surface area (Å²) in [4.78, 5) is 29.6. The zero-order chi connectivity index (χ0) is 21.5. The molecule has 0 spiro atoms. The summed E-state index contributed by atoms with van der Waals surface area (Å²) in [5, 5.41) is 5.98. The maximum atomic E-state index is 12.5. The molecule has 164 valence electrons. The second-order valence-corrected chi connectivity index (χ2v) is 8.19. The summed E-state index contributed by atoms with van der Waals surface area (Å²) in [5.74, 6) is 1.85. The fourth-order valence-electron chi connectivity index (χ4n) is 4.26. The van der Waals surface area contributed by atoms with Crippen LogP contribution in [0.3, 0.4) is 0 Å². The van der Waals surface area contributed by atoms with Crippen LogP contribution in [0.15, 0.2) is 47.1 Å². The van der Waals surface area contributed by atoms with Crippen LogP contribution < -0.4 is 10.6 Å². The van der Waals surface area contributed by atoms with Gasteiger partial charge in [0.15, 0.2) is 0 Å².